The van der Waals surface area contributed by atoms with Crippen LogP contribution in [0.15, 0.2) is 23.6 Å². The minimum Gasteiger partial charge on any atom is -0.482 e. The number of hydrogen-bond acceptors (Lipinski definition) is 9. The molecule has 2 heterocycles. The van der Waals surface area contributed by atoms with Crippen molar-refractivity contribution in [1.82, 2.24) is 15.6 Å². The molecule has 1 fully saturated rings. The number of amides is 1. The first-order chi connectivity index (χ1) is 13.7. The smallest absolute Gasteiger partial charge is 0.422 e. The van der Waals surface area contributed by atoms with Crippen LogP contribution in [0.2, 0.25) is 0 Å². The van der Waals surface area contributed by atoms with E-state index in [4.69, 9.17) is 15.7 Å². The van der Waals surface area contributed by atoms with Gasteiger partial charge in [-0.25, -0.2) is 0 Å². The molecule has 0 bridgehead atoms. The number of nitrogens with two attached hydrogens (primary N) is 1. The monoisotopic (exact) mass is 415 g/mol. The number of pyridine rings is 1. The zero-order chi connectivity index (χ0) is 21.4. The Morgan fingerprint density at radius 1 is 1.48 bits per heavy atom. The van der Waals surface area contributed by atoms with Crippen LogP contribution in [0.5, 0.6) is 5.75 Å². The number of carbonyl (C=O) groups is 1. The second kappa shape index (κ2) is 10.1. The summed E-state index contributed by atoms with van der Waals surface area (Å²) < 4.78 is 41.9. The summed E-state index contributed by atoms with van der Waals surface area (Å²) in [7, 11) is 0. The summed E-state index contributed by atoms with van der Waals surface area (Å²) in [4.78, 5) is 27.5. The van der Waals surface area contributed by atoms with Gasteiger partial charge < -0.3 is 26.4 Å². The number of rotatable bonds is 8. The molecule has 0 aromatic carbocycles. The van der Waals surface area contributed by atoms with Crippen LogP contribution in [0.1, 0.15) is 6.42 Å². The van der Waals surface area contributed by atoms with Crippen molar-refractivity contribution in [1.29, 1.82) is 5.26 Å². The van der Waals surface area contributed by atoms with Crippen molar-refractivity contribution in [3.05, 3.63) is 23.4 Å². The number of carbonyl (C=O) groups excluding carboxylic acids is 1. The highest BCUT2D eigenvalue weighted by molar-refractivity contribution is 5.94. The number of hydrogen-bond donors (Lipinski definition) is 4. The van der Waals surface area contributed by atoms with Gasteiger partial charge in [-0.2, -0.15) is 18.4 Å². The second-order valence-electron chi connectivity index (χ2n) is 6.41. The van der Waals surface area contributed by atoms with Crippen molar-refractivity contribution in [2.24, 2.45) is 22.7 Å². The third kappa shape index (κ3) is 6.63. The number of halogens is 3. The maximum Gasteiger partial charge on any atom is 0.422 e. The predicted molar refractivity (Wildman–Crippen MR) is 95.2 cm³/mol. The van der Waals surface area contributed by atoms with Crippen LogP contribution in [0, 0.1) is 28.1 Å². The van der Waals surface area contributed by atoms with Crippen molar-refractivity contribution in [2.75, 3.05) is 25.0 Å². The second-order valence-corrected chi connectivity index (χ2v) is 6.41. The fraction of sp³-hybridized carbons (Fsp3) is 0.562. The Balaban J connectivity index is 2.11. The highest BCUT2D eigenvalue weighted by Gasteiger charge is 2.37. The van der Waals surface area contributed by atoms with E-state index in [9.17, 15) is 22.9 Å². The van der Waals surface area contributed by atoms with Crippen molar-refractivity contribution >= 4 is 11.6 Å². The van der Waals surface area contributed by atoms with Gasteiger partial charge in [0.25, 0.3) is 0 Å². The highest BCUT2D eigenvalue weighted by atomic mass is 19.4. The molecular weight excluding hydrogens is 395 g/mol. The van der Waals surface area contributed by atoms with E-state index in [2.05, 4.69) is 26.1 Å². The van der Waals surface area contributed by atoms with E-state index >= 15 is 0 Å². The van der Waals surface area contributed by atoms with Crippen molar-refractivity contribution < 1.29 is 22.7 Å². The lowest BCUT2D eigenvalue weighted by Gasteiger charge is -2.35. The molecule has 1 aliphatic rings. The van der Waals surface area contributed by atoms with Gasteiger partial charge in [0.2, 0.25) is 5.91 Å². The van der Waals surface area contributed by atoms with Gasteiger partial charge in [-0.3, -0.25) is 9.78 Å². The molecule has 0 saturated carbocycles. The van der Waals surface area contributed by atoms with Crippen LogP contribution in [-0.2, 0) is 4.79 Å². The molecule has 1 aromatic rings. The molecule has 5 N–H and O–H groups in total. The minimum atomic E-state index is -4.56. The Labute approximate surface area is 164 Å². The first-order valence-corrected chi connectivity index (χ1v) is 8.61. The Kier molecular flexibility index (Phi) is 7.82. The number of anilines is 1. The number of ether oxygens (including phenoxy) is 1. The Morgan fingerprint density at radius 2 is 2.17 bits per heavy atom. The summed E-state index contributed by atoms with van der Waals surface area (Å²) in [6, 6.07) is 3.21. The minimum absolute atomic E-state index is 0.0149. The van der Waals surface area contributed by atoms with Gasteiger partial charge in [-0.1, -0.05) is 5.18 Å². The van der Waals surface area contributed by atoms with Crippen LogP contribution in [0.4, 0.5) is 18.9 Å². The van der Waals surface area contributed by atoms with Crippen LogP contribution in [0.3, 0.4) is 0 Å². The van der Waals surface area contributed by atoms with Crippen LogP contribution in [-0.4, -0.2) is 49.1 Å². The van der Waals surface area contributed by atoms with Crippen LogP contribution in [0.25, 0.3) is 0 Å². The lowest BCUT2D eigenvalue weighted by Crippen LogP contribution is -2.61. The van der Waals surface area contributed by atoms with E-state index in [1.807, 2.05) is 6.07 Å². The molecule has 13 heteroatoms. The number of aromatic nitrogens is 1. The SMILES string of the molecule is N#CCC1CNC(C(C(=O)Nc2cnccc2OCC(F)(F)F)C(N)N=O)NC1. The van der Waals surface area contributed by atoms with Crippen LogP contribution < -0.4 is 26.4 Å². The van der Waals surface area contributed by atoms with Gasteiger partial charge in [-0.15, -0.1) is 4.91 Å². The van der Waals surface area contributed by atoms with E-state index in [-0.39, 0.29) is 17.4 Å². The fourth-order valence-electron chi connectivity index (χ4n) is 2.81. The maximum atomic E-state index is 12.7. The molecular formula is C16H20F3N7O3. The molecule has 1 saturated heterocycles. The number of nitroso groups, excluding NO2 is 1. The highest BCUT2D eigenvalue weighted by Crippen LogP contribution is 2.26. The number of nitrogens with one attached hydrogen (secondary N) is 3. The molecule has 0 spiro atoms. The fourth-order valence-corrected chi connectivity index (χ4v) is 2.81. The zero-order valence-electron chi connectivity index (χ0n) is 15.1. The predicted octanol–water partition coefficient (Wildman–Crippen LogP) is 0.677. The van der Waals surface area contributed by atoms with E-state index in [1.54, 1.807) is 0 Å². The van der Waals surface area contributed by atoms with Gasteiger partial charge >= 0.3 is 6.18 Å². The first-order valence-electron chi connectivity index (χ1n) is 8.61. The molecule has 1 aromatic heterocycles. The third-order valence-electron chi connectivity index (χ3n) is 4.21. The molecule has 0 aliphatic carbocycles. The lowest BCUT2D eigenvalue weighted by atomic mass is 9.96. The number of nitriles is 1. The topological polar surface area (TPSA) is 155 Å². The number of nitrogens with zero attached hydrogens (tertiary/aromatic N) is 3. The molecule has 2 rings (SSSR count). The summed E-state index contributed by atoms with van der Waals surface area (Å²) in [5.74, 6) is -2.16. The Morgan fingerprint density at radius 3 is 2.76 bits per heavy atom. The molecule has 29 heavy (non-hydrogen) atoms. The lowest BCUT2D eigenvalue weighted by molar-refractivity contribution is -0.153. The van der Waals surface area contributed by atoms with Gasteiger partial charge in [0.15, 0.2) is 12.8 Å². The molecule has 158 valence electrons. The first kappa shape index (κ1) is 22.5. The summed E-state index contributed by atoms with van der Waals surface area (Å²) in [6.07, 6.45) is -4.09. The summed E-state index contributed by atoms with van der Waals surface area (Å²) >= 11 is 0. The number of alkyl halides is 3. The van der Waals surface area contributed by atoms with E-state index < -0.39 is 36.9 Å². The molecule has 2 atom stereocenters. The standard InChI is InChI=1S/C16H20F3N7O3/c17-16(18,19)8-29-11-2-4-22-7-10(11)25-15(27)12(13(21)26-28)14-23-5-9(1-3-20)6-24-14/h2,4,7,9,12-14,23-24H,1,5-6,8,21H2,(H,25,27). The maximum absolute atomic E-state index is 12.7. The average molecular weight is 415 g/mol. The molecule has 2 unspecified atom stereocenters. The molecule has 10 nitrogen and oxygen atoms in total. The normalized spacial score (nSPS) is 21.5. The third-order valence-corrected chi connectivity index (χ3v) is 4.21. The van der Waals surface area contributed by atoms with E-state index in [1.165, 1.54) is 6.20 Å². The van der Waals surface area contributed by atoms with Crippen LogP contribution >= 0.6 is 0 Å². The van der Waals surface area contributed by atoms with E-state index in [0.29, 0.717) is 19.5 Å². The average Bonchev–Trinajstić information content (AvgIpc) is 2.68. The zero-order valence-corrected chi connectivity index (χ0v) is 15.1. The largest absolute Gasteiger partial charge is 0.482 e. The van der Waals surface area contributed by atoms with Crippen molar-refractivity contribution in [3.8, 4) is 11.8 Å². The van der Waals surface area contributed by atoms with Gasteiger partial charge in [0.1, 0.15) is 17.4 Å². The van der Waals surface area contributed by atoms with Crippen molar-refractivity contribution in [2.45, 2.75) is 24.9 Å². The summed E-state index contributed by atoms with van der Waals surface area (Å²) in [6.45, 7) is -0.731. The molecule has 0 radical (unpaired) electrons. The Hall–Kier alpha value is -2.82. The summed E-state index contributed by atoms with van der Waals surface area (Å²) in [5, 5.41) is 19.9. The van der Waals surface area contributed by atoms with Gasteiger partial charge in [0, 0.05) is 31.8 Å². The van der Waals surface area contributed by atoms with Gasteiger partial charge in [0.05, 0.1) is 18.4 Å². The van der Waals surface area contributed by atoms with Gasteiger partial charge in [-0.05, 0) is 5.92 Å². The molecule has 1 amide bonds. The summed E-state index contributed by atoms with van der Waals surface area (Å²) in [5.41, 5.74) is 5.57. The van der Waals surface area contributed by atoms with Crippen molar-refractivity contribution in [3.63, 3.8) is 0 Å². The quantitative estimate of drug-likeness (QED) is 0.452. The molecule has 1 aliphatic heterocycles. The Bertz CT molecular complexity index is 748. The van der Waals surface area contributed by atoms with E-state index in [0.717, 1.165) is 12.3 Å².